The van der Waals surface area contributed by atoms with Crippen molar-refractivity contribution in [2.24, 2.45) is 24.8 Å². The number of aromatic nitrogens is 5. The topological polar surface area (TPSA) is 119 Å². The molecule has 0 bridgehead atoms. The summed E-state index contributed by atoms with van der Waals surface area (Å²) in [7, 11) is 1.56. The fraction of sp³-hybridized carbons (Fsp3) is 0.577. The lowest BCUT2D eigenvalue weighted by Gasteiger charge is -2.29. The molecule has 40 heavy (non-hydrogen) atoms. The molecule has 3 aliphatic carbocycles. The fourth-order valence-corrected chi connectivity index (χ4v) is 6.84. The average molecular weight is 577 g/mol. The number of alkyl halides is 3. The number of rotatable bonds is 9. The third kappa shape index (κ3) is 5.20. The Hall–Kier alpha value is -3.42. The lowest BCUT2D eigenvalue weighted by Crippen LogP contribution is -2.37. The van der Waals surface area contributed by atoms with Crippen molar-refractivity contribution in [3.8, 4) is 0 Å². The molecule has 2 saturated carbocycles. The van der Waals surface area contributed by atoms with Crippen LogP contribution in [-0.2, 0) is 24.7 Å². The zero-order valence-corrected chi connectivity index (χ0v) is 23.0. The van der Waals surface area contributed by atoms with E-state index in [-0.39, 0.29) is 35.4 Å². The molecule has 14 heteroatoms. The van der Waals surface area contributed by atoms with Gasteiger partial charge in [0, 0.05) is 36.5 Å². The Morgan fingerprint density at radius 2 is 2.02 bits per heavy atom. The molecule has 2 amide bonds. The molecule has 0 radical (unpaired) electrons. The standard InChI is InChI=1S/C26H31F3N8O2S/c1-12-5-16(12)23(38)33-25-21(24(39)30-10-13-6-14(27)7-13)17-8-15(3-4-19(17)40-25)37-11-31-34-26(37)32-20-9-18(22(28)29)35-36(20)2/h9,11-16,22H,3-8,10H2,1-2H3,(H,30,39)(H,32,34)(H,33,38)/t12-,13-,14-,15-,16-/m0/s1. The molecule has 3 atom stereocenters. The van der Waals surface area contributed by atoms with Crippen LogP contribution in [0.1, 0.15) is 71.6 Å². The molecule has 0 saturated heterocycles. The van der Waals surface area contributed by atoms with Crippen LogP contribution in [0.3, 0.4) is 0 Å². The Labute approximate surface area is 232 Å². The summed E-state index contributed by atoms with van der Waals surface area (Å²) in [6.45, 7) is 2.43. The highest BCUT2D eigenvalue weighted by Crippen LogP contribution is 2.44. The first-order valence-electron chi connectivity index (χ1n) is 13.5. The van der Waals surface area contributed by atoms with E-state index in [1.54, 1.807) is 13.4 Å². The number of amides is 2. The van der Waals surface area contributed by atoms with E-state index in [9.17, 15) is 22.8 Å². The van der Waals surface area contributed by atoms with Gasteiger partial charge in [0.15, 0.2) is 0 Å². The van der Waals surface area contributed by atoms with Crippen LogP contribution in [0.25, 0.3) is 0 Å². The summed E-state index contributed by atoms with van der Waals surface area (Å²) in [6.07, 6.45) is 1.75. The second kappa shape index (κ2) is 10.5. The van der Waals surface area contributed by atoms with E-state index in [1.165, 1.54) is 22.1 Å². The lowest BCUT2D eigenvalue weighted by atomic mass is 9.83. The van der Waals surface area contributed by atoms with Crippen molar-refractivity contribution < 1.29 is 22.8 Å². The number of hydrogen-bond acceptors (Lipinski definition) is 7. The minimum atomic E-state index is -2.69. The van der Waals surface area contributed by atoms with Crippen LogP contribution in [0.15, 0.2) is 12.4 Å². The summed E-state index contributed by atoms with van der Waals surface area (Å²) in [4.78, 5) is 27.3. The van der Waals surface area contributed by atoms with Crippen molar-refractivity contribution >= 4 is 39.9 Å². The van der Waals surface area contributed by atoms with Gasteiger partial charge in [0.1, 0.15) is 29.0 Å². The third-order valence-electron chi connectivity index (χ3n) is 8.20. The Balaban J connectivity index is 1.24. The number of halogens is 3. The number of carbonyl (C=O) groups is 2. The normalized spacial score (nSPS) is 25.3. The maximum absolute atomic E-state index is 13.5. The molecule has 0 aromatic carbocycles. The van der Waals surface area contributed by atoms with Gasteiger partial charge in [0.05, 0.1) is 5.56 Å². The Bertz CT molecular complexity index is 1430. The largest absolute Gasteiger partial charge is 0.352 e. The minimum Gasteiger partial charge on any atom is -0.352 e. The molecular formula is C26H31F3N8O2S. The van der Waals surface area contributed by atoms with E-state index in [1.807, 2.05) is 11.5 Å². The number of thiophene rings is 1. The zero-order valence-electron chi connectivity index (χ0n) is 22.2. The van der Waals surface area contributed by atoms with E-state index >= 15 is 0 Å². The first kappa shape index (κ1) is 26.8. The van der Waals surface area contributed by atoms with E-state index < -0.39 is 12.6 Å². The van der Waals surface area contributed by atoms with Crippen molar-refractivity contribution in [1.82, 2.24) is 29.9 Å². The smallest absolute Gasteiger partial charge is 0.282 e. The zero-order chi connectivity index (χ0) is 28.1. The Kier molecular flexibility index (Phi) is 7.05. The summed E-state index contributed by atoms with van der Waals surface area (Å²) in [6, 6.07) is 1.16. The predicted molar refractivity (Wildman–Crippen MR) is 143 cm³/mol. The van der Waals surface area contributed by atoms with Crippen LogP contribution in [0.5, 0.6) is 0 Å². The van der Waals surface area contributed by atoms with Gasteiger partial charge in [-0.1, -0.05) is 6.92 Å². The molecule has 10 nitrogen and oxygen atoms in total. The molecule has 0 aliphatic heterocycles. The Morgan fingerprint density at radius 3 is 2.70 bits per heavy atom. The molecule has 3 aromatic rings. The number of nitrogens with one attached hydrogen (secondary N) is 3. The van der Waals surface area contributed by atoms with Gasteiger partial charge in [-0.25, -0.2) is 13.2 Å². The van der Waals surface area contributed by atoms with Gasteiger partial charge in [-0.2, -0.15) is 5.10 Å². The molecule has 3 aliphatic rings. The second-order valence-corrected chi connectivity index (χ2v) is 12.2. The number of anilines is 3. The first-order valence-corrected chi connectivity index (χ1v) is 14.4. The summed E-state index contributed by atoms with van der Waals surface area (Å²) in [5, 5.41) is 21.6. The monoisotopic (exact) mass is 576 g/mol. The van der Waals surface area contributed by atoms with Gasteiger partial charge < -0.3 is 16.0 Å². The Morgan fingerprint density at radius 1 is 1.25 bits per heavy atom. The second-order valence-electron chi connectivity index (χ2n) is 11.1. The van der Waals surface area contributed by atoms with Crippen molar-refractivity contribution in [2.75, 3.05) is 17.2 Å². The molecule has 2 fully saturated rings. The molecular weight excluding hydrogens is 545 g/mol. The highest BCUT2D eigenvalue weighted by molar-refractivity contribution is 7.17. The maximum Gasteiger partial charge on any atom is 0.282 e. The van der Waals surface area contributed by atoms with E-state index in [4.69, 9.17) is 0 Å². The molecule has 3 aromatic heterocycles. The number of carbonyl (C=O) groups excluding carboxylic acids is 2. The molecule has 0 spiro atoms. The van der Waals surface area contributed by atoms with Gasteiger partial charge >= 0.3 is 0 Å². The van der Waals surface area contributed by atoms with E-state index in [0.717, 1.165) is 23.3 Å². The molecule has 3 heterocycles. The van der Waals surface area contributed by atoms with Crippen molar-refractivity contribution in [3.63, 3.8) is 0 Å². The lowest BCUT2D eigenvalue weighted by molar-refractivity contribution is -0.117. The van der Waals surface area contributed by atoms with Crippen LogP contribution in [0, 0.1) is 17.8 Å². The van der Waals surface area contributed by atoms with Crippen LogP contribution in [0.2, 0.25) is 0 Å². The predicted octanol–water partition coefficient (Wildman–Crippen LogP) is 4.56. The van der Waals surface area contributed by atoms with E-state index in [2.05, 4.69) is 31.2 Å². The van der Waals surface area contributed by atoms with Crippen LogP contribution in [0.4, 0.5) is 29.9 Å². The SMILES string of the molecule is C[C@H]1C[C@@H]1C(=O)Nc1sc2c(c1C(=O)NC[C@H]1C[C@H](F)C1)C[C@@H](n1cnnc1Nc1cc(C(F)F)nn1C)CC2. The summed E-state index contributed by atoms with van der Waals surface area (Å²) in [5.74, 6) is 0.802. The number of fused-ring (bicyclic) bond motifs is 1. The van der Waals surface area contributed by atoms with Crippen LogP contribution < -0.4 is 16.0 Å². The fourth-order valence-electron chi connectivity index (χ4n) is 5.60. The van der Waals surface area contributed by atoms with E-state index in [0.29, 0.717) is 60.5 Å². The summed E-state index contributed by atoms with van der Waals surface area (Å²) < 4.78 is 42.7. The van der Waals surface area contributed by atoms with Gasteiger partial charge in [0.2, 0.25) is 11.9 Å². The highest BCUT2D eigenvalue weighted by atomic mass is 32.1. The van der Waals surface area contributed by atoms with Gasteiger partial charge in [-0.05, 0) is 55.9 Å². The first-order chi connectivity index (χ1) is 19.2. The average Bonchev–Trinajstić information content (AvgIpc) is 3.21. The van der Waals surface area contributed by atoms with Gasteiger partial charge in [-0.3, -0.25) is 18.8 Å². The molecule has 6 rings (SSSR count). The van der Waals surface area contributed by atoms with Crippen molar-refractivity contribution in [2.45, 2.75) is 64.1 Å². The van der Waals surface area contributed by atoms with Crippen molar-refractivity contribution in [1.29, 1.82) is 0 Å². The molecule has 214 valence electrons. The quantitative estimate of drug-likeness (QED) is 0.344. The maximum atomic E-state index is 13.5. The van der Waals surface area contributed by atoms with Crippen LogP contribution >= 0.6 is 11.3 Å². The number of aryl methyl sites for hydroxylation is 2. The number of nitrogens with zero attached hydrogens (tertiary/aromatic N) is 5. The van der Waals surface area contributed by atoms with Crippen molar-refractivity contribution in [3.05, 3.63) is 34.1 Å². The summed E-state index contributed by atoms with van der Waals surface area (Å²) >= 11 is 1.44. The molecule has 3 N–H and O–H groups in total. The highest BCUT2D eigenvalue weighted by Gasteiger charge is 2.40. The van der Waals surface area contributed by atoms with Gasteiger partial charge in [-0.15, -0.1) is 21.5 Å². The molecule has 0 unspecified atom stereocenters. The minimum absolute atomic E-state index is 0.0394. The summed E-state index contributed by atoms with van der Waals surface area (Å²) in [5.41, 5.74) is 1.000. The van der Waals surface area contributed by atoms with Crippen LogP contribution in [-0.4, -0.2) is 49.1 Å². The number of hydrogen-bond donors (Lipinski definition) is 3. The third-order valence-corrected chi connectivity index (χ3v) is 9.41. The van der Waals surface area contributed by atoms with Gasteiger partial charge in [0.25, 0.3) is 12.3 Å².